The molecule has 1 aromatic rings. The number of amides is 1. The summed E-state index contributed by atoms with van der Waals surface area (Å²) in [4.78, 5) is 14.1. The van der Waals surface area contributed by atoms with Gasteiger partial charge in [-0.3, -0.25) is 9.69 Å². The number of nitrogens with one attached hydrogen (secondary N) is 1. The van der Waals surface area contributed by atoms with E-state index in [-0.39, 0.29) is 17.7 Å². The molecule has 1 aromatic carbocycles. The van der Waals surface area contributed by atoms with Crippen LogP contribution in [0.15, 0.2) is 18.2 Å². The number of ether oxygens (including phenoxy) is 1. The van der Waals surface area contributed by atoms with Crippen LogP contribution in [0.5, 0.6) is 0 Å². The SMILES string of the molecule is C[C@@H]1CN([C@@H](C)C(=O)Nc2cc(F)ccc2F)CCO1. The lowest BCUT2D eigenvalue weighted by molar-refractivity contribution is -0.123. The van der Waals surface area contributed by atoms with Crippen molar-refractivity contribution < 1.29 is 18.3 Å². The van der Waals surface area contributed by atoms with Crippen LogP contribution in [0.1, 0.15) is 13.8 Å². The molecular formula is C14H18F2N2O2. The molecule has 1 aliphatic heterocycles. The predicted octanol–water partition coefficient (Wildman–Crippen LogP) is 2.01. The molecule has 110 valence electrons. The highest BCUT2D eigenvalue weighted by atomic mass is 19.1. The first-order chi connectivity index (χ1) is 9.47. The number of nitrogens with zero attached hydrogens (tertiary/aromatic N) is 1. The van der Waals surface area contributed by atoms with E-state index in [4.69, 9.17) is 4.74 Å². The number of carbonyl (C=O) groups is 1. The van der Waals surface area contributed by atoms with Crippen molar-refractivity contribution in [2.24, 2.45) is 0 Å². The van der Waals surface area contributed by atoms with Gasteiger partial charge in [0.1, 0.15) is 11.6 Å². The molecule has 1 fully saturated rings. The fourth-order valence-electron chi connectivity index (χ4n) is 2.19. The molecule has 0 radical (unpaired) electrons. The molecule has 1 heterocycles. The normalized spacial score (nSPS) is 21.5. The third-order valence-corrected chi connectivity index (χ3v) is 3.39. The van der Waals surface area contributed by atoms with Crippen LogP contribution >= 0.6 is 0 Å². The van der Waals surface area contributed by atoms with E-state index in [9.17, 15) is 13.6 Å². The van der Waals surface area contributed by atoms with Crippen LogP contribution in [0.25, 0.3) is 0 Å². The lowest BCUT2D eigenvalue weighted by Gasteiger charge is -2.34. The number of anilines is 1. The van der Waals surface area contributed by atoms with Gasteiger partial charge >= 0.3 is 0 Å². The highest BCUT2D eigenvalue weighted by molar-refractivity contribution is 5.94. The van der Waals surface area contributed by atoms with Crippen LogP contribution < -0.4 is 5.32 Å². The van der Waals surface area contributed by atoms with E-state index in [0.717, 1.165) is 18.2 Å². The Morgan fingerprint density at radius 3 is 2.95 bits per heavy atom. The second-order valence-electron chi connectivity index (χ2n) is 4.97. The van der Waals surface area contributed by atoms with Crippen molar-refractivity contribution in [3.8, 4) is 0 Å². The maximum Gasteiger partial charge on any atom is 0.241 e. The Balaban J connectivity index is 2.02. The summed E-state index contributed by atoms with van der Waals surface area (Å²) in [6.45, 7) is 5.52. The molecule has 4 nitrogen and oxygen atoms in total. The van der Waals surface area contributed by atoms with Crippen LogP contribution in [0.2, 0.25) is 0 Å². The average Bonchev–Trinajstić information content (AvgIpc) is 2.42. The van der Waals surface area contributed by atoms with Gasteiger partial charge in [-0.2, -0.15) is 0 Å². The van der Waals surface area contributed by atoms with Crippen molar-refractivity contribution in [3.63, 3.8) is 0 Å². The second kappa shape index (κ2) is 6.28. The monoisotopic (exact) mass is 284 g/mol. The minimum Gasteiger partial charge on any atom is -0.376 e. The molecule has 1 N–H and O–H groups in total. The zero-order valence-electron chi connectivity index (χ0n) is 11.5. The van der Waals surface area contributed by atoms with Gasteiger partial charge in [-0.1, -0.05) is 0 Å². The Kier molecular flexibility index (Phi) is 4.67. The molecule has 0 aliphatic carbocycles. The van der Waals surface area contributed by atoms with Gasteiger partial charge in [0.05, 0.1) is 24.4 Å². The van der Waals surface area contributed by atoms with Gasteiger partial charge in [0.15, 0.2) is 0 Å². The number of hydrogen-bond acceptors (Lipinski definition) is 3. The first-order valence-electron chi connectivity index (χ1n) is 6.59. The summed E-state index contributed by atoms with van der Waals surface area (Å²) in [5.74, 6) is -1.60. The van der Waals surface area contributed by atoms with Crippen molar-refractivity contribution >= 4 is 11.6 Å². The zero-order chi connectivity index (χ0) is 14.7. The molecule has 0 saturated carbocycles. The average molecular weight is 284 g/mol. The first kappa shape index (κ1) is 14.9. The smallest absolute Gasteiger partial charge is 0.241 e. The third kappa shape index (κ3) is 3.52. The van der Waals surface area contributed by atoms with Crippen molar-refractivity contribution in [3.05, 3.63) is 29.8 Å². The van der Waals surface area contributed by atoms with Crippen LogP contribution in [-0.2, 0) is 9.53 Å². The molecule has 1 amide bonds. The third-order valence-electron chi connectivity index (χ3n) is 3.39. The minimum atomic E-state index is -0.651. The lowest BCUT2D eigenvalue weighted by atomic mass is 10.2. The topological polar surface area (TPSA) is 41.6 Å². The van der Waals surface area contributed by atoms with Crippen LogP contribution in [0, 0.1) is 11.6 Å². The highest BCUT2D eigenvalue weighted by Crippen LogP contribution is 2.17. The number of rotatable bonds is 3. The van der Waals surface area contributed by atoms with Crippen LogP contribution in [-0.4, -0.2) is 42.6 Å². The summed E-state index contributed by atoms with van der Waals surface area (Å²) in [6, 6.07) is 2.55. The summed E-state index contributed by atoms with van der Waals surface area (Å²) >= 11 is 0. The summed E-state index contributed by atoms with van der Waals surface area (Å²) in [5.41, 5.74) is -0.136. The maximum absolute atomic E-state index is 13.5. The Hall–Kier alpha value is -1.53. The number of halogens is 2. The number of carbonyl (C=O) groups excluding carboxylic acids is 1. The van der Waals surface area contributed by atoms with Crippen LogP contribution in [0.3, 0.4) is 0 Å². The van der Waals surface area contributed by atoms with Crippen LogP contribution in [0.4, 0.5) is 14.5 Å². The van der Waals surface area contributed by atoms with Crippen molar-refractivity contribution in [2.75, 3.05) is 25.0 Å². The second-order valence-corrected chi connectivity index (χ2v) is 4.97. The van der Waals surface area contributed by atoms with Gasteiger partial charge in [0.25, 0.3) is 0 Å². The largest absolute Gasteiger partial charge is 0.376 e. The highest BCUT2D eigenvalue weighted by Gasteiger charge is 2.26. The van der Waals surface area contributed by atoms with Crippen molar-refractivity contribution in [1.82, 2.24) is 4.90 Å². The van der Waals surface area contributed by atoms with E-state index in [1.807, 2.05) is 11.8 Å². The van der Waals surface area contributed by atoms with Gasteiger partial charge in [0.2, 0.25) is 5.91 Å². The van der Waals surface area contributed by atoms with Crippen molar-refractivity contribution in [2.45, 2.75) is 26.0 Å². The minimum absolute atomic E-state index is 0.0601. The fourth-order valence-corrected chi connectivity index (χ4v) is 2.19. The molecule has 2 atom stereocenters. The van der Waals surface area contributed by atoms with Gasteiger partial charge < -0.3 is 10.1 Å². The quantitative estimate of drug-likeness (QED) is 0.923. The Bertz CT molecular complexity index is 496. The molecule has 2 rings (SSSR count). The zero-order valence-corrected chi connectivity index (χ0v) is 11.5. The number of morpholine rings is 1. The molecular weight excluding hydrogens is 266 g/mol. The standard InChI is InChI=1S/C14H18F2N2O2/c1-9-8-18(5-6-20-9)10(2)14(19)17-13-7-11(15)3-4-12(13)16/h3-4,7,9-10H,5-6,8H2,1-2H3,(H,17,19)/t9-,10+/m1/s1. The molecule has 0 aromatic heterocycles. The summed E-state index contributed by atoms with van der Waals surface area (Å²) in [7, 11) is 0. The Morgan fingerprint density at radius 1 is 1.50 bits per heavy atom. The maximum atomic E-state index is 13.5. The van der Waals surface area contributed by atoms with E-state index in [2.05, 4.69) is 5.32 Å². The molecule has 1 aliphatic rings. The Morgan fingerprint density at radius 2 is 2.25 bits per heavy atom. The van der Waals surface area contributed by atoms with E-state index in [1.54, 1.807) is 6.92 Å². The molecule has 0 spiro atoms. The lowest BCUT2D eigenvalue weighted by Crippen LogP contribution is -2.50. The van der Waals surface area contributed by atoms with Crippen molar-refractivity contribution in [1.29, 1.82) is 0 Å². The number of hydrogen-bond donors (Lipinski definition) is 1. The number of benzene rings is 1. The molecule has 0 bridgehead atoms. The van der Waals surface area contributed by atoms with E-state index in [0.29, 0.717) is 19.7 Å². The van der Waals surface area contributed by atoms with Gasteiger partial charge in [-0.15, -0.1) is 0 Å². The predicted molar refractivity (Wildman–Crippen MR) is 71.4 cm³/mol. The first-order valence-corrected chi connectivity index (χ1v) is 6.59. The summed E-state index contributed by atoms with van der Waals surface area (Å²) in [6.07, 6.45) is 0.0601. The van der Waals surface area contributed by atoms with E-state index >= 15 is 0 Å². The van der Waals surface area contributed by atoms with E-state index in [1.165, 1.54) is 0 Å². The van der Waals surface area contributed by atoms with E-state index < -0.39 is 17.7 Å². The summed E-state index contributed by atoms with van der Waals surface area (Å²) < 4.78 is 32.0. The van der Waals surface area contributed by atoms with Gasteiger partial charge in [-0.25, -0.2) is 8.78 Å². The fraction of sp³-hybridized carbons (Fsp3) is 0.500. The molecule has 0 unspecified atom stereocenters. The van der Waals surface area contributed by atoms with Gasteiger partial charge in [-0.05, 0) is 26.0 Å². The van der Waals surface area contributed by atoms with Gasteiger partial charge in [0, 0.05) is 19.2 Å². The molecule has 6 heteroatoms. The molecule has 1 saturated heterocycles. The molecule has 20 heavy (non-hydrogen) atoms. The summed E-state index contributed by atoms with van der Waals surface area (Å²) in [5, 5.41) is 2.43. The Labute approximate surface area is 116 Å².